The highest BCUT2D eigenvalue weighted by atomic mass is 35.5. The second-order valence-corrected chi connectivity index (χ2v) is 11.5. The van der Waals surface area contributed by atoms with Crippen molar-refractivity contribution < 1.29 is 42.9 Å². The number of aromatic nitrogens is 2. The Balaban J connectivity index is 0.000000189. The van der Waals surface area contributed by atoms with Crippen molar-refractivity contribution in [1.82, 2.24) is 9.97 Å². The van der Waals surface area contributed by atoms with Crippen molar-refractivity contribution in [2.45, 2.75) is 35.7 Å². The van der Waals surface area contributed by atoms with Gasteiger partial charge in [-0.1, -0.05) is 23.6 Å². The fourth-order valence-corrected chi connectivity index (χ4v) is 6.36. The summed E-state index contributed by atoms with van der Waals surface area (Å²) in [5, 5.41) is 9.69. The lowest BCUT2D eigenvalue weighted by Crippen LogP contribution is -2.39. The number of imide groups is 1. The topological polar surface area (TPSA) is 148 Å². The van der Waals surface area contributed by atoms with Crippen molar-refractivity contribution in [2.24, 2.45) is 0 Å². The molecular weight excluding hydrogens is 655 g/mol. The summed E-state index contributed by atoms with van der Waals surface area (Å²) in [4.78, 5) is 59.6. The number of rotatable bonds is 7. The average molecular weight is 681 g/mol. The normalized spacial score (nSPS) is 15.3. The Bertz CT molecular complexity index is 1830. The highest BCUT2D eigenvalue weighted by Crippen LogP contribution is 2.42. The number of aromatic carboxylic acids is 1. The van der Waals surface area contributed by atoms with E-state index in [1.807, 2.05) is 0 Å². The lowest BCUT2D eigenvalue weighted by Gasteiger charge is -2.29. The molecule has 1 N–H and O–H groups in total. The van der Waals surface area contributed by atoms with Crippen molar-refractivity contribution in [2.75, 3.05) is 37.2 Å². The molecule has 0 saturated heterocycles. The molecule has 0 radical (unpaired) electrons. The maximum Gasteiger partial charge on any atom is 0.338 e. The summed E-state index contributed by atoms with van der Waals surface area (Å²) in [5.74, 6) is -0.0623. The number of carbonyl (C=O) groups excluding carboxylic acids is 3. The molecule has 1 aliphatic carbocycles. The average Bonchev–Trinajstić information content (AvgIpc) is 3.31. The van der Waals surface area contributed by atoms with E-state index in [9.17, 15) is 28.7 Å². The molecule has 3 aliphatic rings. The van der Waals surface area contributed by atoms with Gasteiger partial charge in [-0.2, -0.15) is 9.97 Å². The van der Waals surface area contributed by atoms with Crippen LogP contribution in [0.2, 0.25) is 5.02 Å². The number of terminal acetylenes is 1. The van der Waals surface area contributed by atoms with Crippen LogP contribution in [0.3, 0.4) is 0 Å². The molecule has 12 nitrogen and oxygen atoms in total. The molecule has 0 atom stereocenters. The molecule has 0 fully saturated rings. The molecule has 47 heavy (non-hydrogen) atoms. The van der Waals surface area contributed by atoms with Gasteiger partial charge in [0.05, 0.1) is 48.8 Å². The van der Waals surface area contributed by atoms with Gasteiger partial charge in [0.25, 0.3) is 17.7 Å². The van der Waals surface area contributed by atoms with Crippen LogP contribution < -0.4 is 24.0 Å². The van der Waals surface area contributed by atoms with Gasteiger partial charge in [-0.3, -0.25) is 19.3 Å². The fraction of sp³-hybridized carbons (Fsp3) is 0.250. The molecule has 0 unspecified atom stereocenters. The summed E-state index contributed by atoms with van der Waals surface area (Å²) in [6.45, 7) is -0.262. The summed E-state index contributed by atoms with van der Waals surface area (Å²) in [7, 11) is 2.94. The van der Waals surface area contributed by atoms with E-state index in [-0.39, 0.29) is 46.8 Å². The van der Waals surface area contributed by atoms with Crippen molar-refractivity contribution in [1.29, 1.82) is 0 Å². The highest BCUT2D eigenvalue weighted by molar-refractivity contribution is 7.99. The van der Waals surface area contributed by atoms with E-state index in [0.29, 0.717) is 45.8 Å². The number of amides is 3. The van der Waals surface area contributed by atoms with Crippen LogP contribution >= 0.6 is 23.4 Å². The first-order valence-electron chi connectivity index (χ1n) is 14.1. The van der Waals surface area contributed by atoms with E-state index >= 15 is 0 Å². The largest absolute Gasteiger partial charge is 0.481 e. The van der Waals surface area contributed by atoms with Gasteiger partial charge in [0.15, 0.2) is 17.6 Å². The summed E-state index contributed by atoms with van der Waals surface area (Å²) in [6.07, 6.45) is 8.01. The Morgan fingerprint density at radius 2 is 1.70 bits per heavy atom. The van der Waals surface area contributed by atoms with Gasteiger partial charge in [-0.25, -0.2) is 14.1 Å². The van der Waals surface area contributed by atoms with E-state index in [4.69, 9.17) is 32.2 Å². The van der Waals surface area contributed by atoms with E-state index in [1.54, 1.807) is 12.1 Å². The van der Waals surface area contributed by atoms with Crippen LogP contribution in [0.4, 0.5) is 15.8 Å². The van der Waals surface area contributed by atoms with Crippen LogP contribution in [0.5, 0.6) is 17.5 Å². The fourth-order valence-electron chi connectivity index (χ4n) is 5.14. The first-order chi connectivity index (χ1) is 22.6. The number of fused-ring (bicyclic) bond motifs is 1. The van der Waals surface area contributed by atoms with E-state index in [0.717, 1.165) is 35.6 Å². The van der Waals surface area contributed by atoms with Crippen molar-refractivity contribution >= 4 is 58.4 Å². The number of carbonyl (C=O) groups is 4. The molecule has 1 aromatic heterocycles. The number of halogens is 2. The molecule has 15 heteroatoms. The van der Waals surface area contributed by atoms with E-state index in [1.165, 1.54) is 37.3 Å². The van der Waals surface area contributed by atoms with Gasteiger partial charge >= 0.3 is 5.97 Å². The van der Waals surface area contributed by atoms with Gasteiger partial charge in [0.1, 0.15) is 5.75 Å². The van der Waals surface area contributed by atoms with Gasteiger partial charge in [-0.15, -0.1) is 6.42 Å². The maximum atomic E-state index is 14.7. The van der Waals surface area contributed by atoms with Crippen molar-refractivity contribution in [3.8, 4) is 29.9 Å². The predicted molar refractivity (Wildman–Crippen MR) is 169 cm³/mol. The van der Waals surface area contributed by atoms with Gasteiger partial charge in [0, 0.05) is 22.1 Å². The first kappa shape index (κ1) is 33.2. The molecule has 2 aromatic carbocycles. The van der Waals surface area contributed by atoms with E-state index in [2.05, 4.69) is 15.9 Å². The van der Waals surface area contributed by atoms with Crippen LogP contribution in [0, 0.1) is 18.2 Å². The number of carboxylic acids is 1. The zero-order chi connectivity index (χ0) is 33.8. The first-order valence-corrected chi connectivity index (χ1v) is 15.2. The minimum absolute atomic E-state index is 0.00885. The molecular formula is C32H26ClFN4O8S. The number of hydrogen-bond donors (Lipinski definition) is 1. The second-order valence-electron chi connectivity index (χ2n) is 10.1. The van der Waals surface area contributed by atoms with E-state index < -0.39 is 23.6 Å². The molecule has 0 spiro atoms. The van der Waals surface area contributed by atoms with Crippen molar-refractivity contribution in [3.63, 3.8) is 0 Å². The minimum atomic E-state index is -1.11. The monoisotopic (exact) mass is 680 g/mol. The number of ether oxygens (including phenoxy) is 3. The van der Waals surface area contributed by atoms with Crippen LogP contribution in [0.1, 0.15) is 36.0 Å². The lowest BCUT2D eigenvalue weighted by atomic mass is 9.93. The molecule has 3 amide bonds. The quantitative estimate of drug-likeness (QED) is 0.206. The predicted octanol–water partition coefficient (Wildman–Crippen LogP) is 4.92. The Morgan fingerprint density at radius 1 is 1.06 bits per heavy atom. The summed E-state index contributed by atoms with van der Waals surface area (Å²) in [6, 6.07) is 8.71. The molecule has 242 valence electrons. The zero-order valence-corrected chi connectivity index (χ0v) is 26.6. The third-order valence-corrected chi connectivity index (χ3v) is 8.56. The third kappa shape index (κ3) is 6.72. The molecule has 0 bridgehead atoms. The SMILES string of the molecule is C#CCN1C(=O)COc2cc(F)c(N3C(=O)C4=C(CCCC4)C3=O)cc21.COc1cc(OC)nc(Sc2cccc(Cl)c2C(=O)O)n1. The summed E-state index contributed by atoms with van der Waals surface area (Å²) in [5.41, 5.74) is 1.00. The maximum absolute atomic E-state index is 14.7. The minimum Gasteiger partial charge on any atom is -0.481 e. The second kappa shape index (κ2) is 14.1. The van der Waals surface area contributed by atoms with Gasteiger partial charge in [-0.05, 0) is 55.6 Å². The Labute approximate surface area is 277 Å². The zero-order valence-electron chi connectivity index (χ0n) is 25.0. The Kier molecular flexibility index (Phi) is 9.97. The number of hydrogen-bond acceptors (Lipinski definition) is 10. The van der Waals surface area contributed by atoms with Crippen molar-refractivity contribution in [3.05, 3.63) is 63.9 Å². The number of benzene rings is 2. The number of carboxylic acid groups (broad SMARTS) is 1. The van der Waals surface area contributed by atoms with Gasteiger partial charge in [0.2, 0.25) is 11.8 Å². The third-order valence-electron chi connectivity index (χ3n) is 7.32. The molecule has 6 rings (SSSR count). The highest BCUT2D eigenvalue weighted by Gasteiger charge is 2.41. The van der Waals surface area contributed by atoms with Crippen LogP contribution in [0.25, 0.3) is 0 Å². The molecule has 3 aromatic rings. The molecule has 2 aliphatic heterocycles. The summed E-state index contributed by atoms with van der Waals surface area (Å²) >= 11 is 6.99. The van der Waals surface area contributed by atoms with Crippen LogP contribution in [-0.4, -0.2) is 66.1 Å². The number of anilines is 2. The molecule has 3 heterocycles. The lowest BCUT2D eigenvalue weighted by molar-refractivity contribution is -0.121. The Morgan fingerprint density at radius 3 is 2.28 bits per heavy atom. The van der Waals surface area contributed by atoms with Crippen LogP contribution in [-0.2, 0) is 14.4 Å². The standard InChI is InChI=1S/C19H15FN2O4.C13H11ClN2O4S/c1-2-7-21-15-9-14(13(20)8-16(15)26-10-17(21)23)22-18(24)11-5-3-4-6-12(11)19(22)25;1-19-9-6-10(20-2)16-13(15-9)21-8-5-3-4-7(14)11(8)12(17)18/h1,8-9H,3-7,10H2;3-6H,1-2H3,(H,17,18). The summed E-state index contributed by atoms with van der Waals surface area (Å²) < 4.78 is 30.0. The number of nitrogens with zero attached hydrogens (tertiary/aromatic N) is 4. The van der Waals surface area contributed by atoms with Crippen LogP contribution in [0.15, 0.2) is 57.6 Å². The smallest absolute Gasteiger partial charge is 0.338 e. The number of methoxy groups -OCH3 is 2. The van der Waals surface area contributed by atoms with Gasteiger partial charge < -0.3 is 19.3 Å². The Hall–Kier alpha value is -5.13. The molecule has 0 saturated carbocycles.